The van der Waals surface area contributed by atoms with Crippen LogP contribution >= 0.6 is 11.6 Å². The van der Waals surface area contributed by atoms with E-state index in [4.69, 9.17) is 11.6 Å². The van der Waals surface area contributed by atoms with Crippen LogP contribution in [0.3, 0.4) is 0 Å². The molecular weight excluding hydrogens is 473 g/mol. The summed E-state index contributed by atoms with van der Waals surface area (Å²) in [7, 11) is 1.67. The van der Waals surface area contributed by atoms with Gasteiger partial charge in [0.25, 0.3) is 11.8 Å². The zero-order chi connectivity index (χ0) is 24.8. The number of carbonyl (C=O) groups excluding carboxylic acids is 2. The first-order chi connectivity index (χ1) is 16.0. The molecule has 34 heavy (non-hydrogen) atoms. The molecule has 0 aliphatic heterocycles. The number of amides is 2. The van der Waals surface area contributed by atoms with Crippen LogP contribution in [0.25, 0.3) is 0 Å². The fourth-order valence-electron chi connectivity index (χ4n) is 5.41. The van der Waals surface area contributed by atoms with Gasteiger partial charge in [-0.15, -0.1) is 0 Å². The van der Waals surface area contributed by atoms with Gasteiger partial charge in [-0.3, -0.25) is 9.59 Å². The molecule has 2 aromatic rings. The quantitative estimate of drug-likeness (QED) is 0.563. The molecule has 2 amide bonds. The van der Waals surface area contributed by atoms with Crippen molar-refractivity contribution in [3.8, 4) is 0 Å². The molecule has 2 unspecified atom stereocenters. The average molecular weight is 499 g/mol. The Balaban J connectivity index is 1.49. The number of carbonyl (C=O) groups is 2. The minimum absolute atomic E-state index is 0.0497. The summed E-state index contributed by atoms with van der Waals surface area (Å²) in [5.74, 6) is -6.98. The van der Waals surface area contributed by atoms with Crippen molar-refractivity contribution in [2.75, 3.05) is 11.9 Å². The first-order valence-corrected chi connectivity index (χ1v) is 11.5. The van der Waals surface area contributed by atoms with E-state index in [0.717, 1.165) is 6.07 Å². The van der Waals surface area contributed by atoms with E-state index in [2.05, 4.69) is 15.6 Å². The summed E-state index contributed by atoms with van der Waals surface area (Å²) >= 11 is 5.79. The number of hydrogen-bond acceptors (Lipinski definition) is 4. The molecule has 7 nitrogen and oxygen atoms in total. The van der Waals surface area contributed by atoms with Crippen LogP contribution in [0.2, 0.25) is 5.02 Å². The Morgan fingerprint density at radius 2 is 1.94 bits per heavy atom. The summed E-state index contributed by atoms with van der Waals surface area (Å²) in [6, 6.07) is 3.85. The lowest BCUT2D eigenvalue weighted by atomic mass is 9.87. The molecule has 1 heterocycles. The lowest BCUT2D eigenvalue weighted by molar-refractivity contribution is -0.192. The monoisotopic (exact) mass is 498 g/mol. The number of imidazole rings is 1. The number of aliphatic hydroxyl groups is 1. The fourth-order valence-corrected chi connectivity index (χ4v) is 5.59. The van der Waals surface area contributed by atoms with Crippen LogP contribution in [0.15, 0.2) is 24.5 Å². The Bertz CT molecular complexity index is 1110. The van der Waals surface area contributed by atoms with Gasteiger partial charge < -0.3 is 20.3 Å². The van der Waals surface area contributed by atoms with Crippen molar-refractivity contribution in [2.24, 2.45) is 18.9 Å². The molecule has 2 aliphatic rings. The van der Waals surface area contributed by atoms with Crippen LogP contribution in [-0.2, 0) is 11.8 Å². The van der Waals surface area contributed by atoms with Crippen molar-refractivity contribution in [1.82, 2.24) is 14.9 Å². The molecular formula is C23H26ClF3N4O3. The first kappa shape index (κ1) is 24.5. The van der Waals surface area contributed by atoms with Crippen molar-refractivity contribution >= 4 is 29.1 Å². The highest BCUT2D eigenvalue weighted by Gasteiger charge is 2.64. The van der Waals surface area contributed by atoms with Crippen LogP contribution in [-0.4, -0.2) is 44.5 Å². The van der Waals surface area contributed by atoms with Crippen LogP contribution < -0.4 is 10.6 Å². The summed E-state index contributed by atoms with van der Waals surface area (Å²) in [4.78, 5) is 29.3. The largest absolute Gasteiger partial charge is 0.383 e. The molecule has 2 fully saturated rings. The normalized spacial score (nSPS) is 26.4. The number of fused-ring (bicyclic) bond motifs is 1. The Labute approximate surface area is 199 Å². The number of halogens is 4. The zero-order valence-electron chi connectivity index (χ0n) is 18.7. The molecule has 0 bridgehead atoms. The molecule has 3 N–H and O–H groups in total. The minimum Gasteiger partial charge on any atom is -0.383 e. The second-order valence-corrected chi connectivity index (χ2v) is 9.64. The van der Waals surface area contributed by atoms with Gasteiger partial charge >= 0.3 is 5.92 Å². The maximum atomic E-state index is 14.7. The van der Waals surface area contributed by atoms with E-state index >= 15 is 0 Å². The Morgan fingerprint density at radius 3 is 2.53 bits per heavy atom. The van der Waals surface area contributed by atoms with Crippen molar-refractivity contribution in [3.05, 3.63) is 46.8 Å². The Kier molecular flexibility index (Phi) is 6.41. The molecule has 4 rings (SSSR count). The van der Waals surface area contributed by atoms with Gasteiger partial charge in [0.1, 0.15) is 17.1 Å². The number of anilines is 1. The van der Waals surface area contributed by atoms with E-state index < -0.39 is 29.2 Å². The second-order valence-electron chi connectivity index (χ2n) is 9.23. The van der Waals surface area contributed by atoms with Crippen molar-refractivity contribution in [3.63, 3.8) is 0 Å². The molecule has 0 radical (unpaired) electrons. The molecule has 1 aromatic carbocycles. The SMILES string of the molecule is CCNC(=O)C(F)(F)C1(O)CC2CC(c3ncn(C)c3C(=O)Nc3ccc(F)c(Cl)c3)CC2C1. The van der Waals surface area contributed by atoms with E-state index in [9.17, 15) is 27.9 Å². The van der Waals surface area contributed by atoms with Gasteiger partial charge in [0.2, 0.25) is 0 Å². The highest BCUT2D eigenvalue weighted by atomic mass is 35.5. The number of nitrogens with one attached hydrogen (secondary N) is 2. The summed E-state index contributed by atoms with van der Waals surface area (Å²) in [6.45, 7) is 1.59. The fraction of sp³-hybridized carbons (Fsp3) is 0.522. The van der Waals surface area contributed by atoms with Gasteiger partial charge in [0.05, 0.1) is 17.0 Å². The van der Waals surface area contributed by atoms with E-state index in [1.165, 1.54) is 25.4 Å². The molecule has 11 heteroatoms. The molecule has 1 aromatic heterocycles. The number of alkyl halides is 2. The predicted octanol–water partition coefficient (Wildman–Crippen LogP) is 3.87. The molecule has 2 atom stereocenters. The van der Waals surface area contributed by atoms with Gasteiger partial charge in [-0.05, 0) is 62.6 Å². The van der Waals surface area contributed by atoms with Crippen LogP contribution in [0.1, 0.15) is 54.7 Å². The summed E-state index contributed by atoms with van der Waals surface area (Å²) in [5, 5.41) is 15.4. The van der Waals surface area contributed by atoms with Gasteiger partial charge in [-0.2, -0.15) is 8.78 Å². The smallest absolute Gasteiger partial charge is 0.352 e. The number of aromatic nitrogens is 2. The number of hydrogen-bond donors (Lipinski definition) is 3. The van der Waals surface area contributed by atoms with Gasteiger partial charge in [0, 0.05) is 25.2 Å². The lowest BCUT2D eigenvalue weighted by Crippen LogP contribution is -2.56. The average Bonchev–Trinajstić information content (AvgIpc) is 3.42. The van der Waals surface area contributed by atoms with Crippen molar-refractivity contribution in [2.45, 2.75) is 50.0 Å². The third kappa shape index (κ3) is 4.17. The number of benzene rings is 1. The van der Waals surface area contributed by atoms with Gasteiger partial charge in [-0.25, -0.2) is 9.37 Å². The lowest BCUT2D eigenvalue weighted by Gasteiger charge is -2.32. The summed E-state index contributed by atoms with van der Waals surface area (Å²) in [5.41, 5.74) is -1.21. The molecule has 2 aliphatic carbocycles. The third-order valence-electron chi connectivity index (χ3n) is 6.99. The van der Waals surface area contributed by atoms with E-state index in [-0.39, 0.29) is 42.2 Å². The summed E-state index contributed by atoms with van der Waals surface area (Å²) < 4.78 is 44.4. The number of nitrogens with zero attached hydrogens (tertiary/aromatic N) is 2. The highest BCUT2D eigenvalue weighted by molar-refractivity contribution is 6.31. The maximum Gasteiger partial charge on any atom is 0.352 e. The van der Waals surface area contributed by atoms with Gasteiger partial charge in [-0.1, -0.05) is 11.6 Å². The van der Waals surface area contributed by atoms with Crippen molar-refractivity contribution < 1.29 is 27.9 Å². The van der Waals surface area contributed by atoms with E-state index in [1.54, 1.807) is 11.6 Å². The molecule has 184 valence electrons. The number of rotatable bonds is 6. The highest BCUT2D eigenvalue weighted by Crippen LogP contribution is 2.57. The Hall–Kier alpha value is -2.59. The molecule has 2 saturated carbocycles. The van der Waals surface area contributed by atoms with E-state index in [1.807, 2.05) is 0 Å². The minimum atomic E-state index is -3.88. The second kappa shape index (κ2) is 8.88. The topological polar surface area (TPSA) is 96.2 Å². The van der Waals surface area contributed by atoms with Crippen molar-refractivity contribution in [1.29, 1.82) is 0 Å². The van der Waals surface area contributed by atoms with Crippen LogP contribution in [0, 0.1) is 17.7 Å². The maximum absolute atomic E-state index is 14.7. The molecule has 0 spiro atoms. The third-order valence-corrected chi connectivity index (χ3v) is 7.28. The van der Waals surface area contributed by atoms with Crippen LogP contribution in [0.5, 0.6) is 0 Å². The zero-order valence-corrected chi connectivity index (χ0v) is 19.5. The standard InChI is InChI=1S/C23H26ClF3N4O3/c1-3-28-21(33)23(26,27)22(34)9-13-6-12(7-14(13)10-22)18-19(31(2)11-29-18)20(32)30-15-4-5-17(25)16(24)8-15/h4-5,8,11-14,34H,3,6-7,9-10H2,1-2H3,(H,28,33)(H,30,32). The van der Waals surface area contributed by atoms with Gasteiger partial charge in [0.15, 0.2) is 0 Å². The van der Waals surface area contributed by atoms with E-state index in [0.29, 0.717) is 29.9 Å². The Morgan fingerprint density at radius 1 is 1.29 bits per heavy atom. The first-order valence-electron chi connectivity index (χ1n) is 11.1. The predicted molar refractivity (Wildman–Crippen MR) is 119 cm³/mol. The number of aryl methyl sites for hydroxylation is 1. The molecule has 0 saturated heterocycles. The van der Waals surface area contributed by atoms with Crippen LogP contribution in [0.4, 0.5) is 18.9 Å². The summed E-state index contributed by atoms with van der Waals surface area (Å²) in [6.07, 6.45) is 2.06.